The van der Waals surface area contributed by atoms with E-state index < -0.39 is 11.9 Å². The lowest BCUT2D eigenvalue weighted by atomic mass is 10.1. The first kappa shape index (κ1) is 9.95. The van der Waals surface area contributed by atoms with Crippen molar-refractivity contribution in [3.8, 4) is 0 Å². The first-order chi connectivity index (χ1) is 5.91. The second-order valence-electron chi connectivity index (χ2n) is 2.98. The van der Waals surface area contributed by atoms with Crippen LogP contribution in [0.2, 0.25) is 0 Å². The number of hydrogen-bond donors (Lipinski definition) is 0. The minimum atomic E-state index is -4.40. The van der Waals surface area contributed by atoms with Gasteiger partial charge in [0.2, 0.25) is 0 Å². The van der Waals surface area contributed by atoms with Crippen molar-refractivity contribution in [1.29, 1.82) is 0 Å². The fourth-order valence-corrected chi connectivity index (χ4v) is 0.796. The van der Waals surface area contributed by atoms with E-state index in [9.17, 15) is 13.2 Å². The average molecular weight is 190 g/mol. The Balaban J connectivity index is 3.06. The fraction of sp³-hybridized carbons (Fsp3) is 0.500. The second-order valence-corrected chi connectivity index (χ2v) is 2.98. The largest absolute Gasteiger partial charge is 0.434 e. The highest BCUT2D eigenvalue weighted by atomic mass is 19.4. The molecule has 0 aliphatic rings. The summed E-state index contributed by atoms with van der Waals surface area (Å²) in [6, 6.07) is 0. The molecule has 0 atom stereocenters. The molecule has 0 bridgehead atoms. The third kappa shape index (κ3) is 2.40. The normalized spacial score (nSPS) is 12.2. The monoisotopic (exact) mass is 190 g/mol. The van der Waals surface area contributed by atoms with Crippen LogP contribution in [0.1, 0.15) is 31.2 Å². The summed E-state index contributed by atoms with van der Waals surface area (Å²) in [5.41, 5.74) is -0.575. The van der Waals surface area contributed by atoms with Crippen LogP contribution in [0.3, 0.4) is 0 Å². The molecule has 0 aliphatic carbocycles. The molecule has 0 aliphatic heterocycles. The van der Waals surface area contributed by atoms with E-state index in [4.69, 9.17) is 0 Å². The molecule has 0 saturated carbocycles. The summed E-state index contributed by atoms with van der Waals surface area (Å²) in [5, 5.41) is 0. The van der Waals surface area contributed by atoms with Gasteiger partial charge in [-0.3, -0.25) is 4.98 Å². The minimum Gasteiger partial charge on any atom is -0.261 e. The third-order valence-corrected chi connectivity index (χ3v) is 1.54. The third-order valence-electron chi connectivity index (χ3n) is 1.54. The first-order valence-electron chi connectivity index (χ1n) is 3.80. The lowest BCUT2D eigenvalue weighted by molar-refractivity contribution is -0.141. The number of rotatable bonds is 1. The molecule has 13 heavy (non-hydrogen) atoms. The van der Waals surface area contributed by atoms with Crippen molar-refractivity contribution in [2.24, 2.45) is 0 Å². The van der Waals surface area contributed by atoms with Crippen molar-refractivity contribution in [3.63, 3.8) is 0 Å². The van der Waals surface area contributed by atoms with Gasteiger partial charge >= 0.3 is 6.18 Å². The standard InChI is InChI=1S/C8H9F3N2/c1-5(2)6-3-12-4-7(13-6)8(9,10)11/h3-5H,1-2H3. The Labute approximate surface area is 73.8 Å². The summed E-state index contributed by atoms with van der Waals surface area (Å²) in [6.07, 6.45) is -2.33. The van der Waals surface area contributed by atoms with Crippen LogP contribution in [0, 0.1) is 0 Å². The van der Waals surface area contributed by atoms with Crippen LogP contribution in [0.5, 0.6) is 0 Å². The Kier molecular flexibility index (Phi) is 2.54. The predicted molar refractivity (Wildman–Crippen MR) is 41.1 cm³/mol. The van der Waals surface area contributed by atoms with Gasteiger partial charge in [0.05, 0.1) is 11.9 Å². The van der Waals surface area contributed by atoms with E-state index in [0.29, 0.717) is 5.69 Å². The second kappa shape index (κ2) is 3.32. The molecular weight excluding hydrogens is 181 g/mol. The van der Waals surface area contributed by atoms with Gasteiger partial charge in [0, 0.05) is 6.20 Å². The summed E-state index contributed by atoms with van der Waals surface area (Å²) in [7, 11) is 0. The van der Waals surface area contributed by atoms with Gasteiger partial charge in [-0.2, -0.15) is 13.2 Å². The van der Waals surface area contributed by atoms with Crippen LogP contribution >= 0.6 is 0 Å². The lowest BCUT2D eigenvalue weighted by Crippen LogP contribution is -2.10. The smallest absolute Gasteiger partial charge is 0.261 e. The summed E-state index contributed by atoms with van der Waals surface area (Å²) >= 11 is 0. The van der Waals surface area contributed by atoms with Crippen molar-refractivity contribution in [1.82, 2.24) is 9.97 Å². The number of hydrogen-bond acceptors (Lipinski definition) is 2. The molecule has 0 spiro atoms. The average Bonchev–Trinajstić information content (AvgIpc) is 2.03. The van der Waals surface area contributed by atoms with Gasteiger partial charge in [-0.05, 0) is 5.92 Å². The molecule has 1 aromatic rings. The zero-order valence-electron chi connectivity index (χ0n) is 7.26. The van der Waals surface area contributed by atoms with Gasteiger partial charge in [-0.25, -0.2) is 4.98 Å². The molecule has 0 unspecified atom stereocenters. The molecule has 2 nitrogen and oxygen atoms in total. The molecule has 0 aromatic carbocycles. The van der Waals surface area contributed by atoms with Gasteiger partial charge in [0.15, 0.2) is 5.69 Å². The Hall–Kier alpha value is -1.13. The summed E-state index contributed by atoms with van der Waals surface area (Å²) in [6.45, 7) is 3.54. The molecule has 1 aromatic heterocycles. The number of halogens is 3. The molecule has 0 saturated heterocycles. The van der Waals surface area contributed by atoms with Gasteiger partial charge < -0.3 is 0 Å². The van der Waals surface area contributed by atoms with Crippen molar-refractivity contribution in [2.75, 3.05) is 0 Å². The molecule has 1 heterocycles. The van der Waals surface area contributed by atoms with Gasteiger partial charge in [-0.15, -0.1) is 0 Å². The Morgan fingerprint density at radius 1 is 1.23 bits per heavy atom. The van der Waals surface area contributed by atoms with E-state index >= 15 is 0 Å². The quantitative estimate of drug-likeness (QED) is 0.680. The van der Waals surface area contributed by atoms with Crippen molar-refractivity contribution in [2.45, 2.75) is 25.9 Å². The molecule has 0 fully saturated rings. The Morgan fingerprint density at radius 2 is 1.85 bits per heavy atom. The minimum absolute atomic E-state index is 0.0465. The maximum atomic E-state index is 12.1. The Morgan fingerprint density at radius 3 is 2.31 bits per heavy atom. The highest BCUT2D eigenvalue weighted by molar-refractivity contribution is 5.08. The maximum Gasteiger partial charge on any atom is 0.434 e. The SMILES string of the molecule is CC(C)c1cncc(C(F)(F)F)n1. The highest BCUT2D eigenvalue weighted by Crippen LogP contribution is 2.27. The lowest BCUT2D eigenvalue weighted by Gasteiger charge is -2.08. The molecule has 1 rings (SSSR count). The van der Waals surface area contributed by atoms with Crippen LogP contribution in [0.25, 0.3) is 0 Å². The van der Waals surface area contributed by atoms with E-state index in [-0.39, 0.29) is 5.92 Å². The summed E-state index contributed by atoms with van der Waals surface area (Å²) in [4.78, 5) is 6.95. The highest BCUT2D eigenvalue weighted by Gasteiger charge is 2.33. The van der Waals surface area contributed by atoms with E-state index in [1.807, 2.05) is 0 Å². The summed E-state index contributed by atoms with van der Waals surface area (Å²) in [5.74, 6) is -0.0465. The van der Waals surface area contributed by atoms with E-state index in [1.165, 1.54) is 6.20 Å². The molecule has 72 valence electrons. The van der Waals surface area contributed by atoms with Crippen LogP contribution in [0.4, 0.5) is 13.2 Å². The van der Waals surface area contributed by atoms with Crippen LogP contribution in [-0.2, 0) is 6.18 Å². The number of nitrogens with zero attached hydrogens (tertiary/aromatic N) is 2. The zero-order chi connectivity index (χ0) is 10.1. The first-order valence-corrected chi connectivity index (χ1v) is 3.80. The predicted octanol–water partition coefficient (Wildman–Crippen LogP) is 2.62. The van der Waals surface area contributed by atoms with Crippen molar-refractivity contribution in [3.05, 3.63) is 23.8 Å². The molecule has 0 radical (unpaired) electrons. The molecule has 0 N–H and O–H groups in total. The van der Waals surface area contributed by atoms with Crippen LogP contribution in [-0.4, -0.2) is 9.97 Å². The van der Waals surface area contributed by atoms with Gasteiger partial charge in [-0.1, -0.05) is 13.8 Å². The number of aromatic nitrogens is 2. The Bertz CT molecular complexity index is 294. The van der Waals surface area contributed by atoms with E-state index in [1.54, 1.807) is 13.8 Å². The maximum absolute atomic E-state index is 12.1. The zero-order valence-corrected chi connectivity index (χ0v) is 7.26. The molecule has 0 amide bonds. The van der Waals surface area contributed by atoms with Crippen LogP contribution in [0.15, 0.2) is 12.4 Å². The van der Waals surface area contributed by atoms with E-state index in [0.717, 1.165) is 6.20 Å². The van der Waals surface area contributed by atoms with Gasteiger partial charge in [0.1, 0.15) is 0 Å². The molecular formula is C8H9F3N2. The van der Waals surface area contributed by atoms with Gasteiger partial charge in [0.25, 0.3) is 0 Å². The van der Waals surface area contributed by atoms with Crippen molar-refractivity contribution >= 4 is 0 Å². The van der Waals surface area contributed by atoms with Crippen LogP contribution < -0.4 is 0 Å². The van der Waals surface area contributed by atoms with E-state index in [2.05, 4.69) is 9.97 Å². The summed E-state index contributed by atoms with van der Waals surface area (Å²) < 4.78 is 36.4. The fourth-order valence-electron chi connectivity index (χ4n) is 0.796. The topological polar surface area (TPSA) is 25.8 Å². The number of alkyl halides is 3. The molecule has 5 heteroatoms. The van der Waals surface area contributed by atoms with Crippen molar-refractivity contribution < 1.29 is 13.2 Å².